The SMILES string of the molecule is O=C(OCC(COc1ccc(Cl)cc1)OC(=O)C1CC1)C1CC1. The molecule has 1 atom stereocenters. The second-order valence-corrected chi connectivity index (χ2v) is 6.44. The van der Waals surface area contributed by atoms with Crippen LogP contribution < -0.4 is 4.74 Å². The van der Waals surface area contributed by atoms with Crippen molar-refractivity contribution in [1.82, 2.24) is 0 Å². The molecule has 0 amide bonds. The lowest BCUT2D eigenvalue weighted by atomic mass is 10.3. The summed E-state index contributed by atoms with van der Waals surface area (Å²) >= 11 is 5.82. The predicted octanol–water partition coefficient (Wildman–Crippen LogP) is 2.99. The molecule has 3 rings (SSSR count). The van der Waals surface area contributed by atoms with Crippen LogP contribution in [0.25, 0.3) is 0 Å². The molecule has 1 aromatic carbocycles. The first-order valence-electron chi connectivity index (χ1n) is 7.87. The molecule has 0 N–H and O–H groups in total. The Hall–Kier alpha value is -1.75. The first-order valence-corrected chi connectivity index (χ1v) is 8.25. The van der Waals surface area contributed by atoms with Crippen LogP contribution in [0, 0.1) is 11.8 Å². The lowest BCUT2D eigenvalue weighted by molar-refractivity contribution is -0.162. The van der Waals surface area contributed by atoms with E-state index < -0.39 is 6.10 Å². The van der Waals surface area contributed by atoms with E-state index in [0.717, 1.165) is 25.7 Å². The maximum atomic E-state index is 11.8. The third-order valence-corrected chi connectivity index (χ3v) is 4.02. The quantitative estimate of drug-likeness (QED) is 0.682. The van der Waals surface area contributed by atoms with Crippen molar-refractivity contribution < 1.29 is 23.8 Å². The van der Waals surface area contributed by atoms with Crippen LogP contribution in [-0.2, 0) is 19.1 Å². The standard InChI is InChI=1S/C17H19ClO5/c18-13-5-7-14(8-6-13)21-9-15(23-17(20)12-3-4-12)10-22-16(19)11-1-2-11/h5-8,11-12,15H,1-4,9-10H2. The fraction of sp³-hybridized carbons (Fsp3) is 0.529. The Morgan fingerprint density at radius 2 is 1.61 bits per heavy atom. The topological polar surface area (TPSA) is 61.8 Å². The van der Waals surface area contributed by atoms with Crippen molar-refractivity contribution in [2.75, 3.05) is 13.2 Å². The van der Waals surface area contributed by atoms with Gasteiger partial charge in [-0.25, -0.2) is 0 Å². The van der Waals surface area contributed by atoms with E-state index in [1.54, 1.807) is 24.3 Å². The van der Waals surface area contributed by atoms with Crippen LogP contribution in [0.2, 0.25) is 5.02 Å². The Bertz CT molecular complexity index is 563. The van der Waals surface area contributed by atoms with Crippen molar-refractivity contribution in [3.05, 3.63) is 29.3 Å². The smallest absolute Gasteiger partial charge is 0.309 e. The molecule has 23 heavy (non-hydrogen) atoms. The first kappa shape index (κ1) is 16.1. The fourth-order valence-corrected chi connectivity index (χ4v) is 2.15. The van der Waals surface area contributed by atoms with Gasteiger partial charge in [0, 0.05) is 5.02 Å². The molecule has 2 fully saturated rings. The monoisotopic (exact) mass is 338 g/mol. The Morgan fingerprint density at radius 3 is 2.22 bits per heavy atom. The normalized spacial score (nSPS) is 18.1. The summed E-state index contributed by atoms with van der Waals surface area (Å²) in [5.74, 6) is 0.177. The van der Waals surface area contributed by atoms with Gasteiger partial charge in [-0.2, -0.15) is 0 Å². The minimum atomic E-state index is -0.596. The molecule has 0 radical (unpaired) electrons. The van der Waals surface area contributed by atoms with E-state index in [2.05, 4.69) is 0 Å². The average Bonchev–Trinajstić information content (AvgIpc) is 3.41. The van der Waals surface area contributed by atoms with Gasteiger partial charge in [0.05, 0.1) is 11.8 Å². The van der Waals surface area contributed by atoms with Gasteiger partial charge in [0.15, 0.2) is 6.10 Å². The predicted molar refractivity (Wildman–Crippen MR) is 83.2 cm³/mol. The largest absolute Gasteiger partial charge is 0.490 e. The fourth-order valence-electron chi connectivity index (χ4n) is 2.03. The maximum absolute atomic E-state index is 11.8. The van der Waals surface area contributed by atoms with E-state index in [9.17, 15) is 9.59 Å². The van der Waals surface area contributed by atoms with E-state index in [-0.39, 0.29) is 37.0 Å². The highest BCUT2D eigenvalue weighted by Gasteiger charge is 2.35. The van der Waals surface area contributed by atoms with Crippen LogP contribution >= 0.6 is 11.6 Å². The summed E-state index contributed by atoms with van der Waals surface area (Å²) in [6, 6.07) is 6.90. The third-order valence-electron chi connectivity index (χ3n) is 3.77. The number of hydrogen-bond acceptors (Lipinski definition) is 5. The van der Waals surface area contributed by atoms with E-state index in [1.165, 1.54) is 0 Å². The van der Waals surface area contributed by atoms with Crippen LogP contribution in [0.1, 0.15) is 25.7 Å². The summed E-state index contributed by atoms with van der Waals surface area (Å²) in [7, 11) is 0. The number of carbonyl (C=O) groups is 2. The molecule has 1 aromatic rings. The molecule has 0 spiro atoms. The molecule has 5 nitrogen and oxygen atoms in total. The highest BCUT2D eigenvalue weighted by Crippen LogP contribution is 2.31. The van der Waals surface area contributed by atoms with Crippen LogP contribution in [-0.4, -0.2) is 31.3 Å². The van der Waals surface area contributed by atoms with Crippen LogP contribution in [0.5, 0.6) is 5.75 Å². The molecule has 0 aliphatic heterocycles. The lowest BCUT2D eigenvalue weighted by Gasteiger charge is -2.18. The van der Waals surface area contributed by atoms with Gasteiger partial charge in [-0.15, -0.1) is 0 Å². The zero-order valence-corrected chi connectivity index (χ0v) is 13.5. The van der Waals surface area contributed by atoms with Gasteiger partial charge in [-0.05, 0) is 49.9 Å². The van der Waals surface area contributed by atoms with Gasteiger partial charge < -0.3 is 14.2 Å². The van der Waals surface area contributed by atoms with Gasteiger partial charge in [0.2, 0.25) is 0 Å². The van der Waals surface area contributed by atoms with Crippen molar-refractivity contribution in [3.8, 4) is 5.75 Å². The molecule has 0 bridgehead atoms. The number of rotatable bonds is 8. The summed E-state index contributed by atoms with van der Waals surface area (Å²) in [6.07, 6.45) is 2.90. The molecule has 124 valence electrons. The summed E-state index contributed by atoms with van der Waals surface area (Å²) < 4.78 is 16.2. The number of esters is 2. The molecular weight excluding hydrogens is 320 g/mol. The molecule has 2 saturated carbocycles. The summed E-state index contributed by atoms with van der Waals surface area (Å²) in [5, 5.41) is 0.618. The molecule has 0 saturated heterocycles. The lowest BCUT2D eigenvalue weighted by Crippen LogP contribution is -2.31. The number of hydrogen-bond donors (Lipinski definition) is 0. The van der Waals surface area contributed by atoms with Crippen molar-refractivity contribution in [2.24, 2.45) is 11.8 Å². The zero-order valence-electron chi connectivity index (χ0n) is 12.7. The van der Waals surface area contributed by atoms with Crippen molar-refractivity contribution in [2.45, 2.75) is 31.8 Å². The highest BCUT2D eigenvalue weighted by molar-refractivity contribution is 6.30. The zero-order chi connectivity index (χ0) is 16.2. The minimum Gasteiger partial charge on any atom is -0.490 e. The van der Waals surface area contributed by atoms with Gasteiger partial charge in [0.1, 0.15) is 19.0 Å². The van der Waals surface area contributed by atoms with Gasteiger partial charge >= 0.3 is 11.9 Å². The van der Waals surface area contributed by atoms with E-state index in [0.29, 0.717) is 10.8 Å². The number of benzene rings is 1. The number of halogens is 1. The maximum Gasteiger partial charge on any atom is 0.309 e. The molecule has 0 heterocycles. The Balaban J connectivity index is 1.50. The van der Waals surface area contributed by atoms with Gasteiger partial charge in [-0.3, -0.25) is 9.59 Å². The van der Waals surface area contributed by atoms with E-state index in [4.69, 9.17) is 25.8 Å². The van der Waals surface area contributed by atoms with E-state index in [1.807, 2.05) is 0 Å². The number of ether oxygens (including phenoxy) is 3. The Labute approximate surface area is 139 Å². The first-order chi connectivity index (χ1) is 11.1. The van der Waals surface area contributed by atoms with Crippen molar-refractivity contribution in [3.63, 3.8) is 0 Å². The van der Waals surface area contributed by atoms with E-state index >= 15 is 0 Å². The second kappa shape index (κ2) is 7.21. The molecule has 0 aromatic heterocycles. The highest BCUT2D eigenvalue weighted by atomic mass is 35.5. The van der Waals surface area contributed by atoms with Crippen LogP contribution in [0.15, 0.2) is 24.3 Å². The average molecular weight is 339 g/mol. The number of carbonyl (C=O) groups excluding carboxylic acids is 2. The molecular formula is C17H19ClO5. The second-order valence-electron chi connectivity index (χ2n) is 6.00. The summed E-state index contributed by atoms with van der Waals surface area (Å²) in [6.45, 7) is 0.166. The van der Waals surface area contributed by atoms with Gasteiger partial charge in [-0.1, -0.05) is 11.6 Å². The molecule has 2 aliphatic carbocycles. The summed E-state index contributed by atoms with van der Waals surface area (Å²) in [5.41, 5.74) is 0. The Kier molecular flexibility index (Phi) is 5.06. The third kappa shape index (κ3) is 5.13. The molecule has 2 aliphatic rings. The van der Waals surface area contributed by atoms with Crippen molar-refractivity contribution >= 4 is 23.5 Å². The summed E-state index contributed by atoms with van der Waals surface area (Å²) in [4.78, 5) is 23.5. The minimum absolute atomic E-state index is 0.00725. The van der Waals surface area contributed by atoms with Gasteiger partial charge in [0.25, 0.3) is 0 Å². The molecule has 6 heteroatoms. The molecule has 1 unspecified atom stereocenters. The van der Waals surface area contributed by atoms with Crippen LogP contribution in [0.4, 0.5) is 0 Å². The Morgan fingerprint density at radius 1 is 1.00 bits per heavy atom. The van der Waals surface area contributed by atoms with Crippen LogP contribution in [0.3, 0.4) is 0 Å². The van der Waals surface area contributed by atoms with Crippen molar-refractivity contribution in [1.29, 1.82) is 0 Å².